The van der Waals surface area contributed by atoms with Gasteiger partial charge < -0.3 is 9.64 Å². The van der Waals surface area contributed by atoms with E-state index in [2.05, 4.69) is 9.88 Å². The van der Waals surface area contributed by atoms with Crippen molar-refractivity contribution in [1.29, 1.82) is 0 Å². The molecule has 4 nitrogen and oxygen atoms in total. The van der Waals surface area contributed by atoms with Gasteiger partial charge in [0, 0.05) is 13.1 Å². The number of pyridine rings is 1. The van der Waals surface area contributed by atoms with Gasteiger partial charge in [-0.3, -0.25) is 4.79 Å². The summed E-state index contributed by atoms with van der Waals surface area (Å²) in [6.45, 7) is 2.16. The fourth-order valence-electron chi connectivity index (χ4n) is 1.68. The molecule has 1 saturated carbocycles. The van der Waals surface area contributed by atoms with Crippen LogP contribution >= 0.6 is 24.8 Å². The van der Waals surface area contributed by atoms with E-state index in [0.29, 0.717) is 5.75 Å². The highest BCUT2D eigenvalue weighted by Gasteiger charge is 2.31. The highest BCUT2D eigenvalue weighted by atomic mass is 35.5. The minimum Gasteiger partial charge on any atom is -0.425 e. The first-order valence-electron chi connectivity index (χ1n) is 5.75. The minimum atomic E-state index is -0.112. The summed E-state index contributed by atoms with van der Waals surface area (Å²) in [6.07, 6.45) is 4.81. The number of aromatic nitrogens is 1. The number of anilines is 1. The fourth-order valence-corrected chi connectivity index (χ4v) is 1.68. The second kappa shape index (κ2) is 6.25. The number of nitrogens with zero attached hydrogens (tertiary/aromatic N) is 2. The third-order valence-corrected chi connectivity index (χ3v) is 3.03. The van der Waals surface area contributed by atoms with Gasteiger partial charge in [-0.05, 0) is 31.4 Å². The van der Waals surface area contributed by atoms with E-state index in [1.807, 2.05) is 12.1 Å². The van der Waals surface area contributed by atoms with Crippen LogP contribution in [0.15, 0.2) is 18.3 Å². The maximum atomic E-state index is 11.4. The maximum absolute atomic E-state index is 11.4. The lowest BCUT2D eigenvalue weighted by atomic mass is 10.2. The Morgan fingerprint density at radius 3 is 2.44 bits per heavy atom. The summed E-state index contributed by atoms with van der Waals surface area (Å²) < 4.78 is 5.20. The number of carbonyl (C=O) groups is 1. The molecule has 2 heterocycles. The molecule has 0 N–H and O–H groups in total. The Hall–Kier alpha value is -1.00. The number of ether oxygens (including phenoxy) is 1. The molecular weight excluding hydrogens is 275 g/mol. The molecule has 0 bridgehead atoms. The second-order valence-electron chi connectivity index (χ2n) is 4.39. The second-order valence-corrected chi connectivity index (χ2v) is 4.39. The lowest BCUT2D eigenvalue weighted by Gasteiger charge is -2.31. The van der Waals surface area contributed by atoms with Crippen LogP contribution < -0.4 is 9.64 Å². The van der Waals surface area contributed by atoms with E-state index in [9.17, 15) is 4.79 Å². The van der Waals surface area contributed by atoms with E-state index in [1.54, 1.807) is 6.20 Å². The molecule has 1 aliphatic carbocycles. The number of rotatable bonds is 3. The molecule has 1 aromatic rings. The van der Waals surface area contributed by atoms with Gasteiger partial charge in [0.25, 0.3) is 0 Å². The quantitative estimate of drug-likeness (QED) is 0.802. The summed E-state index contributed by atoms with van der Waals surface area (Å²) >= 11 is 0. The van der Waals surface area contributed by atoms with Crippen molar-refractivity contribution < 1.29 is 9.53 Å². The average Bonchev–Trinajstić information content (AvgIpc) is 3.01. The first-order chi connectivity index (χ1) is 7.83. The molecule has 0 radical (unpaired) electrons. The Morgan fingerprint density at radius 1 is 1.28 bits per heavy atom. The zero-order valence-electron chi connectivity index (χ0n) is 9.87. The van der Waals surface area contributed by atoms with Crippen molar-refractivity contribution in [2.24, 2.45) is 5.92 Å². The third-order valence-electron chi connectivity index (χ3n) is 3.03. The number of hydrogen-bond donors (Lipinski definition) is 0. The highest BCUT2D eigenvalue weighted by Crippen LogP contribution is 2.31. The van der Waals surface area contributed by atoms with Crippen molar-refractivity contribution in [3.05, 3.63) is 18.3 Å². The van der Waals surface area contributed by atoms with Gasteiger partial charge in [-0.1, -0.05) is 0 Å². The van der Waals surface area contributed by atoms with Gasteiger partial charge in [-0.2, -0.15) is 0 Å². The summed E-state index contributed by atoms with van der Waals surface area (Å²) in [5.74, 6) is 1.55. The van der Waals surface area contributed by atoms with E-state index in [-0.39, 0.29) is 36.7 Å². The van der Waals surface area contributed by atoms with Gasteiger partial charge >= 0.3 is 5.97 Å². The molecule has 3 rings (SSSR count). The molecule has 100 valence electrons. The fraction of sp³-hybridized carbons (Fsp3) is 0.500. The molecule has 0 aromatic carbocycles. The van der Waals surface area contributed by atoms with Crippen LogP contribution in [0.5, 0.6) is 5.75 Å². The zero-order valence-corrected chi connectivity index (χ0v) is 11.5. The molecule has 0 spiro atoms. The molecule has 1 aliphatic heterocycles. The zero-order chi connectivity index (χ0) is 11.0. The molecule has 1 aromatic heterocycles. The summed E-state index contributed by atoms with van der Waals surface area (Å²) in [5.41, 5.74) is 0. The van der Waals surface area contributed by atoms with Crippen molar-refractivity contribution in [3.63, 3.8) is 0 Å². The predicted octanol–water partition coefficient (Wildman–Crippen LogP) is 2.45. The number of carbonyl (C=O) groups excluding carboxylic acids is 1. The van der Waals surface area contributed by atoms with Gasteiger partial charge in [0.2, 0.25) is 0 Å². The van der Waals surface area contributed by atoms with Crippen LogP contribution in [-0.4, -0.2) is 24.0 Å². The Labute approximate surface area is 119 Å². The maximum Gasteiger partial charge on any atom is 0.314 e. The smallest absolute Gasteiger partial charge is 0.314 e. The van der Waals surface area contributed by atoms with Crippen LogP contribution in [0.2, 0.25) is 0 Å². The average molecular weight is 291 g/mol. The minimum absolute atomic E-state index is 0. The molecular formula is C12H16Cl2N2O2. The molecule has 6 heteroatoms. The van der Waals surface area contributed by atoms with Crippen molar-refractivity contribution in [2.75, 3.05) is 18.0 Å². The molecule has 0 amide bonds. The van der Waals surface area contributed by atoms with Crippen LogP contribution in [0.1, 0.15) is 19.3 Å². The Bertz CT molecular complexity index is 403. The normalized spacial score (nSPS) is 17.0. The third kappa shape index (κ3) is 3.27. The predicted molar refractivity (Wildman–Crippen MR) is 73.9 cm³/mol. The van der Waals surface area contributed by atoms with Gasteiger partial charge in [-0.15, -0.1) is 24.8 Å². The molecule has 1 saturated heterocycles. The van der Waals surface area contributed by atoms with Crippen molar-refractivity contribution in [3.8, 4) is 5.75 Å². The Kier molecular flexibility index (Phi) is 5.23. The van der Waals surface area contributed by atoms with Crippen LogP contribution in [-0.2, 0) is 4.79 Å². The van der Waals surface area contributed by atoms with E-state index >= 15 is 0 Å². The van der Waals surface area contributed by atoms with Crippen molar-refractivity contribution >= 4 is 36.6 Å². The molecule has 0 atom stereocenters. The van der Waals surface area contributed by atoms with Gasteiger partial charge in [0.1, 0.15) is 11.6 Å². The summed E-state index contributed by atoms with van der Waals surface area (Å²) in [6, 6.07) is 3.73. The van der Waals surface area contributed by atoms with Crippen molar-refractivity contribution in [1.82, 2.24) is 4.98 Å². The molecule has 18 heavy (non-hydrogen) atoms. The number of halogens is 2. The largest absolute Gasteiger partial charge is 0.425 e. The van der Waals surface area contributed by atoms with Gasteiger partial charge in [0.05, 0.1) is 12.1 Å². The number of hydrogen-bond acceptors (Lipinski definition) is 4. The molecule has 2 fully saturated rings. The van der Waals surface area contributed by atoms with E-state index in [0.717, 1.165) is 31.7 Å². The first kappa shape index (κ1) is 15.1. The lowest BCUT2D eigenvalue weighted by Crippen LogP contribution is -2.37. The van der Waals surface area contributed by atoms with Gasteiger partial charge in [0.15, 0.2) is 0 Å². The van der Waals surface area contributed by atoms with Crippen LogP contribution in [0, 0.1) is 5.92 Å². The summed E-state index contributed by atoms with van der Waals surface area (Å²) in [7, 11) is 0. The van der Waals surface area contributed by atoms with E-state index in [1.165, 1.54) is 6.42 Å². The topological polar surface area (TPSA) is 42.4 Å². The highest BCUT2D eigenvalue weighted by molar-refractivity contribution is 5.85. The monoisotopic (exact) mass is 290 g/mol. The Balaban J connectivity index is 0.000000810. The van der Waals surface area contributed by atoms with Crippen LogP contribution in [0.4, 0.5) is 5.82 Å². The van der Waals surface area contributed by atoms with Gasteiger partial charge in [-0.25, -0.2) is 4.98 Å². The molecule has 0 unspecified atom stereocenters. The van der Waals surface area contributed by atoms with E-state index < -0.39 is 0 Å². The SMILES string of the molecule is Cl.Cl.O=C(Oc1ccc(N2CCC2)nc1)C1CC1. The summed E-state index contributed by atoms with van der Waals surface area (Å²) in [5, 5.41) is 0. The lowest BCUT2D eigenvalue weighted by molar-refractivity contribution is -0.135. The Morgan fingerprint density at radius 2 is 2.00 bits per heavy atom. The first-order valence-corrected chi connectivity index (χ1v) is 5.75. The standard InChI is InChI=1S/C12H14N2O2.2ClH/c15-12(9-2-3-9)16-10-4-5-11(13-8-10)14-6-1-7-14;;/h4-5,8-9H,1-3,6-7H2;2*1H. The van der Waals surface area contributed by atoms with Crippen LogP contribution in [0.25, 0.3) is 0 Å². The van der Waals surface area contributed by atoms with E-state index in [4.69, 9.17) is 4.74 Å². The molecule has 2 aliphatic rings. The van der Waals surface area contributed by atoms with Crippen molar-refractivity contribution in [2.45, 2.75) is 19.3 Å². The van der Waals surface area contributed by atoms with Crippen LogP contribution in [0.3, 0.4) is 0 Å². The number of esters is 1. The summed E-state index contributed by atoms with van der Waals surface area (Å²) in [4.78, 5) is 17.9.